The zero-order chi connectivity index (χ0) is 18.3. The molecule has 25 heavy (non-hydrogen) atoms. The summed E-state index contributed by atoms with van der Waals surface area (Å²) in [7, 11) is 1.24. The second-order valence-electron chi connectivity index (χ2n) is 5.39. The van der Waals surface area contributed by atoms with Crippen LogP contribution in [0.25, 0.3) is 0 Å². The third-order valence-electron chi connectivity index (χ3n) is 3.91. The Morgan fingerprint density at radius 3 is 2.68 bits per heavy atom. The van der Waals surface area contributed by atoms with Crippen molar-refractivity contribution in [3.63, 3.8) is 0 Å². The number of aromatic amines is 1. The van der Waals surface area contributed by atoms with Crippen molar-refractivity contribution in [2.75, 3.05) is 12.4 Å². The highest BCUT2D eigenvalue weighted by atomic mass is 35.5. The monoisotopic (exact) mass is 381 g/mol. The summed E-state index contributed by atoms with van der Waals surface area (Å²) < 4.78 is 6.09. The number of carbonyl (C=O) groups excluding carboxylic acids is 1. The number of esters is 1. The van der Waals surface area contributed by atoms with Gasteiger partial charge in [0.05, 0.1) is 22.7 Å². The van der Waals surface area contributed by atoms with Crippen molar-refractivity contribution >= 4 is 35.0 Å². The molecule has 0 unspecified atom stereocenters. The van der Waals surface area contributed by atoms with Crippen LogP contribution < -0.4 is 16.6 Å². The highest BCUT2D eigenvalue weighted by Gasteiger charge is 2.35. The Labute approximate surface area is 151 Å². The number of H-pyrrole nitrogens is 1. The van der Waals surface area contributed by atoms with E-state index in [2.05, 4.69) is 10.3 Å². The number of halogens is 2. The molecule has 1 atom stereocenters. The molecule has 2 N–H and O–H groups in total. The average Bonchev–Trinajstić information content (AvgIpc) is 2.55. The lowest BCUT2D eigenvalue weighted by Crippen LogP contribution is -2.39. The fourth-order valence-electron chi connectivity index (χ4n) is 2.85. The van der Waals surface area contributed by atoms with Crippen molar-refractivity contribution < 1.29 is 9.53 Å². The second-order valence-corrected chi connectivity index (χ2v) is 6.18. The van der Waals surface area contributed by atoms with Crippen molar-refractivity contribution in [3.05, 3.63) is 72.0 Å². The molecule has 130 valence electrons. The van der Waals surface area contributed by atoms with Crippen LogP contribution >= 0.6 is 23.2 Å². The summed E-state index contributed by atoms with van der Waals surface area (Å²) in [5.41, 5.74) is -0.184. The van der Waals surface area contributed by atoms with Crippen LogP contribution in [0.5, 0.6) is 0 Å². The van der Waals surface area contributed by atoms with Gasteiger partial charge in [0.25, 0.3) is 5.56 Å². The Morgan fingerprint density at radius 1 is 1.28 bits per heavy atom. The fraction of sp³-hybridized carbons (Fsp3) is 0.188. The van der Waals surface area contributed by atoms with Gasteiger partial charge in [-0.05, 0) is 13.0 Å². The number of hydrogen-bond acceptors (Lipinski definition) is 5. The van der Waals surface area contributed by atoms with Gasteiger partial charge in [-0.1, -0.05) is 35.3 Å². The van der Waals surface area contributed by atoms with Crippen LogP contribution in [0.4, 0.5) is 5.82 Å². The van der Waals surface area contributed by atoms with E-state index in [1.54, 1.807) is 25.1 Å². The first-order valence-electron chi connectivity index (χ1n) is 7.21. The van der Waals surface area contributed by atoms with Gasteiger partial charge in [-0.25, -0.2) is 9.59 Å². The van der Waals surface area contributed by atoms with E-state index in [-0.39, 0.29) is 21.4 Å². The van der Waals surface area contributed by atoms with Gasteiger partial charge < -0.3 is 10.1 Å². The molecule has 3 rings (SSSR count). The van der Waals surface area contributed by atoms with Gasteiger partial charge in [0.1, 0.15) is 11.9 Å². The molecule has 1 aromatic carbocycles. The molecule has 2 aromatic rings. The molecule has 0 amide bonds. The Morgan fingerprint density at radius 2 is 2.00 bits per heavy atom. The third-order valence-corrected chi connectivity index (χ3v) is 4.74. The molecule has 1 aliphatic heterocycles. The lowest BCUT2D eigenvalue weighted by Gasteiger charge is -2.31. The van der Waals surface area contributed by atoms with Crippen LogP contribution in [0, 0.1) is 0 Å². The maximum Gasteiger partial charge on any atom is 0.337 e. The molecule has 0 fully saturated rings. The first-order chi connectivity index (χ1) is 11.8. The maximum absolute atomic E-state index is 12.4. The number of rotatable bonds is 2. The molecule has 0 saturated carbocycles. The lowest BCUT2D eigenvalue weighted by atomic mass is 9.95. The Balaban J connectivity index is 2.39. The van der Waals surface area contributed by atoms with E-state index >= 15 is 0 Å². The summed E-state index contributed by atoms with van der Waals surface area (Å²) in [5.74, 6) is -0.394. The molecule has 0 aliphatic carbocycles. The average molecular weight is 382 g/mol. The van der Waals surface area contributed by atoms with Crippen molar-refractivity contribution in [2.24, 2.45) is 0 Å². The van der Waals surface area contributed by atoms with Gasteiger partial charge in [-0.2, -0.15) is 0 Å². The number of allylic oxidation sites excluding steroid dienone is 1. The molecule has 0 saturated heterocycles. The Hall–Kier alpha value is -2.51. The number of nitrogens with one attached hydrogen (secondary N) is 2. The smallest absolute Gasteiger partial charge is 0.337 e. The van der Waals surface area contributed by atoms with E-state index in [1.165, 1.54) is 17.7 Å². The van der Waals surface area contributed by atoms with Gasteiger partial charge in [0.2, 0.25) is 0 Å². The Kier molecular flexibility index (Phi) is 4.45. The summed E-state index contributed by atoms with van der Waals surface area (Å²) in [6, 6.07) is 5.23. The van der Waals surface area contributed by atoms with E-state index in [9.17, 15) is 14.4 Å². The number of methoxy groups -OCH3 is 1. The first kappa shape index (κ1) is 17.3. The summed E-state index contributed by atoms with van der Waals surface area (Å²) in [6.45, 7) is 1.65. The van der Waals surface area contributed by atoms with Gasteiger partial charge >= 0.3 is 11.7 Å². The van der Waals surface area contributed by atoms with Gasteiger partial charge in [0.15, 0.2) is 0 Å². The maximum atomic E-state index is 12.4. The van der Waals surface area contributed by atoms with E-state index in [0.717, 1.165) is 0 Å². The molecule has 0 radical (unpaired) electrons. The third kappa shape index (κ3) is 2.85. The van der Waals surface area contributed by atoms with Gasteiger partial charge in [0, 0.05) is 17.3 Å². The highest BCUT2D eigenvalue weighted by molar-refractivity contribution is 6.42. The largest absolute Gasteiger partial charge is 0.466 e. The zero-order valence-corrected chi connectivity index (χ0v) is 14.7. The molecule has 0 spiro atoms. The number of carbonyl (C=O) groups is 1. The fourth-order valence-corrected chi connectivity index (χ4v) is 3.26. The predicted octanol–water partition coefficient (Wildman–Crippen LogP) is 2.31. The standard InChI is InChI=1S/C16H13Cl2N3O4/c1-7-12(15(23)25-2)14(8-4-3-5-9(17)13(8)18)21-10(19-7)6-11(22)20-16(21)24/h3-6,14,19H,1-2H3,(H,20,22,24)/t14-/m0/s1. The summed E-state index contributed by atoms with van der Waals surface area (Å²) in [4.78, 5) is 38.6. The van der Waals surface area contributed by atoms with E-state index < -0.39 is 23.3 Å². The van der Waals surface area contributed by atoms with E-state index in [0.29, 0.717) is 11.3 Å². The number of benzene rings is 1. The topological polar surface area (TPSA) is 93.2 Å². The van der Waals surface area contributed by atoms with Crippen LogP contribution in [-0.4, -0.2) is 22.6 Å². The minimum atomic E-state index is -0.903. The zero-order valence-electron chi connectivity index (χ0n) is 13.2. The quantitative estimate of drug-likeness (QED) is 0.778. The van der Waals surface area contributed by atoms with Gasteiger partial charge in [-0.15, -0.1) is 0 Å². The van der Waals surface area contributed by atoms with Crippen LogP contribution in [-0.2, 0) is 9.53 Å². The number of hydrogen-bond donors (Lipinski definition) is 2. The van der Waals surface area contributed by atoms with Crippen LogP contribution in [0.2, 0.25) is 10.0 Å². The number of anilines is 1. The van der Waals surface area contributed by atoms with Crippen LogP contribution in [0.1, 0.15) is 18.5 Å². The van der Waals surface area contributed by atoms with Crippen LogP contribution in [0.3, 0.4) is 0 Å². The van der Waals surface area contributed by atoms with E-state index in [4.69, 9.17) is 27.9 Å². The summed E-state index contributed by atoms with van der Waals surface area (Å²) in [6.07, 6.45) is 0. The Bertz CT molecular complexity index is 1020. The normalized spacial score (nSPS) is 16.2. The van der Waals surface area contributed by atoms with Crippen LogP contribution in [0.15, 0.2) is 45.1 Å². The lowest BCUT2D eigenvalue weighted by molar-refractivity contribution is -0.136. The second kappa shape index (κ2) is 6.42. The predicted molar refractivity (Wildman–Crippen MR) is 94.3 cm³/mol. The number of nitrogens with zero attached hydrogens (tertiary/aromatic N) is 1. The molecule has 2 heterocycles. The molecule has 7 nitrogen and oxygen atoms in total. The van der Waals surface area contributed by atoms with Gasteiger partial charge in [-0.3, -0.25) is 14.3 Å². The number of ether oxygens (including phenoxy) is 1. The highest BCUT2D eigenvalue weighted by Crippen LogP contribution is 2.39. The first-order valence-corrected chi connectivity index (χ1v) is 7.96. The number of aromatic nitrogens is 2. The molecule has 0 bridgehead atoms. The summed E-state index contributed by atoms with van der Waals surface area (Å²) in [5, 5.41) is 3.37. The molecule has 1 aromatic heterocycles. The minimum absolute atomic E-state index is 0.188. The summed E-state index contributed by atoms with van der Waals surface area (Å²) >= 11 is 12.4. The van der Waals surface area contributed by atoms with Crippen molar-refractivity contribution in [2.45, 2.75) is 13.0 Å². The molecule has 1 aliphatic rings. The molecular formula is C16H13Cl2N3O4. The number of fused-ring (bicyclic) bond motifs is 1. The molecular weight excluding hydrogens is 369 g/mol. The minimum Gasteiger partial charge on any atom is -0.466 e. The van der Waals surface area contributed by atoms with Crippen molar-refractivity contribution in [1.29, 1.82) is 0 Å². The molecule has 9 heteroatoms. The van der Waals surface area contributed by atoms with Crippen molar-refractivity contribution in [3.8, 4) is 0 Å². The SMILES string of the molecule is COC(=O)C1=C(C)Nc2cc(=O)[nH]c(=O)n2[C@H]1c1cccc(Cl)c1Cl. The van der Waals surface area contributed by atoms with Crippen molar-refractivity contribution in [1.82, 2.24) is 9.55 Å². The van der Waals surface area contributed by atoms with E-state index in [1.807, 2.05) is 0 Å².